The van der Waals surface area contributed by atoms with Gasteiger partial charge in [0.1, 0.15) is 11.3 Å². The monoisotopic (exact) mass is 489 g/mol. The smallest absolute Gasteiger partial charge is 0.227 e. The molecule has 3 N–H and O–H groups in total. The van der Waals surface area contributed by atoms with Crippen molar-refractivity contribution in [3.63, 3.8) is 0 Å². The Morgan fingerprint density at radius 3 is 2.68 bits per heavy atom. The molecular formula is C28H20FN7O. The summed E-state index contributed by atoms with van der Waals surface area (Å²) < 4.78 is 13.9. The Hall–Kier alpha value is -4.92. The average molecular weight is 490 g/mol. The van der Waals surface area contributed by atoms with Gasteiger partial charge in [0.25, 0.3) is 0 Å². The van der Waals surface area contributed by atoms with Gasteiger partial charge >= 0.3 is 0 Å². The summed E-state index contributed by atoms with van der Waals surface area (Å²) in [7, 11) is 0. The van der Waals surface area contributed by atoms with E-state index in [1.165, 1.54) is 12.1 Å². The van der Waals surface area contributed by atoms with Gasteiger partial charge in [0, 0.05) is 23.2 Å². The number of nitrogens with one attached hydrogen (secondary N) is 3. The average Bonchev–Trinajstić information content (AvgIpc) is 3.55. The van der Waals surface area contributed by atoms with Crippen LogP contribution in [-0.2, 0) is 4.79 Å². The molecule has 1 aliphatic carbocycles. The van der Waals surface area contributed by atoms with Crippen LogP contribution in [0, 0.1) is 11.7 Å². The minimum Gasteiger partial charge on any atom is -0.336 e. The highest BCUT2D eigenvalue weighted by Crippen LogP contribution is 2.33. The molecule has 2 aromatic carbocycles. The molecule has 6 aromatic rings. The predicted octanol–water partition coefficient (Wildman–Crippen LogP) is 5.72. The van der Waals surface area contributed by atoms with Crippen LogP contribution in [0.1, 0.15) is 12.8 Å². The van der Waals surface area contributed by atoms with E-state index in [1.54, 1.807) is 18.5 Å². The van der Waals surface area contributed by atoms with Gasteiger partial charge in [0.15, 0.2) is 11.5 Å². The fourth-order valence-electron chi connectivity index (χ4n) is 4.50. The number of amides is 1. The number of para-hydroxylation sites is 1. The minimum atomic E-state index is -0.300. The molecule has 0 atom stereocenters. The molecule has 9 heteroatoms. The van der Waals surface area contributed by atoms with E-state index < -0.39 is 0 Å². The molecule has 1 amide bonds. The van der Waals surface area contributed by atoms with Crippen LogP contribution in [0.15, 0.2) is 73.1 Å². The fraction of sp³-hybridized carbons (Fsp3) is 0.107. The molecule has 4 aromatic heterocycles. The maximum atomic E-state index is 13.9. The molecular weight excluding hydrogens is 469 g/mol. The lowest BCUT2D eigenvalue weighted by atomic mass is 10.0. The number of anilines is 1. The molecule has 1 fully saturated rings. The Morgan fingerprint density at radius 1 is 0.919 bits per heavy atom. The van der Waals surface area contributed by atoms with Crippen molar-refractivity contribution in [2.45, 2.75) is 12.8 Å². The van der Waals surface area contributed by atoms with E-state index in [4.69, 9.17) is 9.97 Å². The zero-order valence-corrected chi connectivity index (χ0v) is 19.5. The second-order valence-corrected chi connectivity index (χ2v) is 9.19. The number of carbonyl (C=O) groups is 1. The summed E-state index contributed by atoms with van der Waals surface area (Å²) in [4.78, 5) is 29.5. The van der Waals surface area contributed by atoms with Crippen molar-refractivity contribution in [3.8, 4) is 33.9 Å². The van der Waals surface area contributed by atoms with Gasteiger partial charge in [-0.25, -0.2) is 14.4 Å². The third kappa shape index (κ3) is 3.90. The first kappa shape index (κ1) is 21.4. The van der Waals surface area contributed by atoms with Crippen molar-refractivity contribution >= 4 is 33.7 Å². The van der Waals surface area contributed by atoms with Crippen molar-refractivity contribution in [1.29, 1.82) is 0 Å². The first-order chi connectivity index (χ1) is 18.1. The summed E-state index contributed by atoms with van der Waals surface area (Å²) in [5.41, 5.74) is 7.21. The van der Waals surface area contributed by atoms with Gasteiger partial charge in [-0.05, 0) is 54.8 Å². The molecule has 8 nitrogen and oxygen atoms in total. The van der Waals surface area contributed by atoms with Crippen LogP contribution in [0.4, 0.5) is 10.1 Å². The zero-order valence-electron chi connectivity index (χ0n) is 19.5. The number of benzene rings is 2. The van der Waals surface area contributed by atoms with Crippen molar-refractivity contribution in [2.75, 3.05) is 5.32 Å². The lowest BCUT2D eigenvalue weighted by Gasteiger charge is -2.06. The second-order valence-electron chi connectivity index (χ2n) is 9.19. The van der Waals surface area contributed by atoms with Gasteiger partial charge in [-0.2, -0.15) is 5.10 Å². The molecule has 0 bridgehead atoms. The summed E-state index contributed by atoms with van der Waals surface area (Å²) in [6.07, 6.45) is 5.22. The number of nitrogens with zero attached hydrogens (tertiary/aromatic N) is 4. The summed E-state index contributed by atoms with van der Waals surface area (Å²) in [6.45, 7) is 0. The molecule has 4 heterocycles. The van der Waals surface area contributed by atoms with Crippen LogP contribution < -0.4 is 5.32 Å². The van der Waals surface area contributed by atoms with Gasteiger partial charge in [-0.15, -0.1) is 0 Å². The van der Waals surface area contributed by atoms with Gasteiger partial charge in [-0.3, -0.25) is 14.9 Å². The predicted molar refractivity (Wildman–Crippen MR) is 139 cm³/mol. The molecule has 0 unspecified atom stereocenters. The summed E-state index contributed by atoms with van der Waals surface area (Å²) in [6, 6.07) is 17.9. The number of fused-ring (bicyclic) bond motifs is 2. The maximum Gasteiger partial charge on any atom is 0.227 e. The molecule has 180 valence electrons. The molecule has 1 saturated carbocycles. The lowest BCUT2D eigenvalue weighted by molar-refractivity contribution is -0.117. The van der Waals surface area contributed by atoms with Crippen LogP contribution in [0.2, 0.25) is 0 Å². The normalized spacial score (nSPS) is 13.3. The Balaban J connectivity index is 1.28. The van der Waals surface area contributed by atoms with Crippen LogP contribution in [0.3, 0.4) is 0 Å². The molecule has 1 aliphatic rings. The Labute approximate surface area is 210 Å². The number of carbonyl (C=O) groups excluding carboxylic acids is 1. The summed E-state index contributed by atoms with van der Waals surface area (Å²) >= 11 is 0. The molecule has 0 saturated heterocycles. The first-order valence-corrected chi connectivity index (χ1v) is 12.0. The van der Waals surface area contributed by atoms with Crippen molar-refractivity contribution in [2.24, 2.45) is 5.92 Å². The van der Waals surface area contributed by atoms with Gasteiger partial charge in [0.05, 0.1) is 34.1 Å². The molecule has 37 heavy (non-hydrogen) atoms. The Morgan fingerprint density at radius 2 is 1.81 bits per heavy atom. The third-order valence-corrected chi connectivity index (χ3v) is 6.53. The molecule has 7 rings (SSSR count). The number of imidazole rings is 1. The van der Waals surface area contributed by atoms with E-state index in [9.17, 15) is 9.18 Å². The zero-order chi connectivity index (χ0) is 24.9. The van der Waals surface area contributed by atoms with Crippen molar-refractivity contribution < 1.29 is 9.18 Å². The maximum absolute atomic E-state index is 13.9. The summed E-state index contributed by atoms with van der Waals surface area (Å²) in [5, 5.41) is 10.4. The fourth-order valence-corrected chi connectivity index (χ4v) is 4.50. The van der Waals surface area contributed by atoms with E-state index in [0.717, 1.165) is 46.1 Å². The highest BCUT2D eigenvalue weighted by molar-refractivity contribution is 5.97. The lowest BCUT2D eigenvalue weighted by Crippen LogP contribution is -2.13. The topological polar surface area (TPSA) is 112 Å². The van der Waals surface area contributed by atoms with E-state index in [1.807, 2.05) is 42.5 Å². The van der Waals surface area contributed by atoms with Crippen LogP contribution in [-0.4, -0.2) is 36.0 Å². The number of aromatic amines is 2. The van der Waals surface area contributed by atoms with E-state index in [0.29, 0.717) is 28.4 Å². The van der Waals surface area contributed by atoms with Gasteiger partial charge in [0.2, 0.25) is 5.91 Å². The standard InChI is InChI=1S/C28H20FN7O/c29-18-4-1-3-16(11-18)20-5-2-6-22-24(20)34-27(33-22)26-25-23(35-36-26)10-9-21(32-25)17-12-19(14-30-13-17)31-28(37)15-7-8-15/h1-6,9-15H,7-8H2,(H,31,37)(H,33,34)(H,35,36). The third-order valence-electron chi connectivity index (χ3n) is 6.53. The number of pyridine rings is 2. The quantitative estimate of drug-likeness (QED) is 0.287. The van der Waals surface area contributed by atoms with Gasteiger partial charge in [-0.1, -0.05) is 24.3 Å². The number of hydrogen-bond donors (Lipinski definition) is 3. The molecule has 0 spiro atoms. The minimum absolute atomic E-state index is 0.0296. The van der Waals surface area contributed by atoms with Gasteiger partial charge < -0.3 is 10.3 Å². The second kappa shape index (κ2) is 8.34. The molecule has 0 radical (unpaired) electrons. The first-order valence-electron chi connectivity index (χ1n) is 12.0. The summed E-state index contributed by atoms with van der Waals surface area (Å²) in [5.74, 6) is 0.392. The van der Waals surface area contributed by atoms with Crippen LogP contribution in [0.5, 0.6) is 0 Å². The number of halogens is 1. The van der Waals surface area contributed by atoms with Crippen molar-refractivity contribution in [1.82, 2.24) is 30.1 Å². The SMILES string of the molecule is O=C(Nc1cncc(-c2ccc3[nH]nc(-c4nc5c(-c6cccc(F)c6)cccc5[nH]4)c3n2)c1)C1CC1. The number of rotatable bonds is 5. The van der Waals surface area contributed by atoms with Crippen molar-refractivity contribution in [3.05, 3.63) is 78.9 Å². The van der Waals surface area contributed by atoms with Crippen LogP contribution >= 0.6 is 0 Å². The Bertz CT molecular complexity index is 1820. The largest absolute Gasteiger partial charge is 0.336 e. The number of H-pyrrole nitrogens is 2. The highest BCUT2D eigenvalue weighted by Gasteiger charge is 2.29. The highest BCUT2D eigenvalue weighted by atomic mass is 19.1. The van der Waals surface area contributed by atoms with Crippen LogP contribution in [0.25, 0.3) is 56.0 Å². The van der Waals surface area contributed by atoms with E-state index >= 15 is 0 Å². The Kier molecular flexibility index (Phi) is 4.81. The van der Waals surface area contributed by atoms with E-state index in [2.05, 4.69) is 25.5 Å². The molecule has 0 aliphatic heterocycles. The number of hydrogen-bond acceptors (Lipinski definition) is 5. The van der Waals surface area contributed by atoms with E-state index in [-0.39, 0.29) is 17.6 Å². The number of aromatic nitrogens is 6.